The molecule has 0 radical (unpaired) electrons. The highest BCUT2D eigenvalue weighted by atomic mass is 16.6. The van der Waals surface area contributed by atoms with Gasteiger partial charge in [-0.05, 0) is 46.5 Å². The largest absolute Gasteiger partial charge is 0.393 e. The minimum atomic E-state index is -0.448. The van der Waals surface area contributed by atoms with E-state index >= 15 is 0 Å². The van der Waals surface area contributed by atoms with Gasteiger partial charge in [-0.3, -0.25) is 0 Å². The molecule has 3 atom stereocenters. The maximum Gasteiger partial charge on any atom is 0.143 e. The molecule has 1 N–H and O–H groups in total. The quantitative estimate of drug-likeness (QED) is 0.232. The van der Waals surface area contributed by atoms with Gasteiger partial charge < -0.3 is 19.4 Å². The number of hydrogen-bond acceptors (Lipinski definition) is 5. The van der Waals surface area contributed by atoms with Gasteiger partial charge in [0.25, 0.3) is 0 Å². The third kappa shape index (κ3) is 16.6. The average Bonchev–Trinajstić information content (AvgIpc) is 2.58. The zero-order valence-corrected chi connectivity index (χ0v) is 17.1. The van der Waals surface area contributed by atoms with E-state index in [4.69, 9.17) is 14.3 Å². The number of unbranched alkanes of at least 4 members (excludes halogenated alkanes) is 4. The highest BCUT2D eigenvalue weighted by molar-refractivity contribution is 5.83. The van der Waals surface area contributed by atoms with Crippen molar-refractivity contribution in [3.8, 4) is 0 Å². The average molecular weight is 360 g/mol. The van der Waals surface area contributed by atoms with Gasteiger partial charge in [0.05, 0.1) is 37.2 Å². The molecular weight excluding hydrogens is 318 g/mol. The molecular formula is C20H41NO4. The summed E-state index contributed by atoms with van der Waals surface area (Å²) in [6.45, 7) is 11.3. The number of oxime groups is 1. The Kier molecular flexibility index (Phi) is 16.4. The SMILES string of the molecule is CCCCCC(CCCCC)=NOCC(C)OCC(C)OCC(C)O. The summed E-state index contributed by atoms with van der Waals surface area (Å²) in [6.07, 6.45) is 8.88. The van der Waals surface area contributed by atoms with Crippen molar-refractivity contribution in [1.82, 2.24) is 0 Å². The lowest BCUT2D eigenvalue weighted by Gasteiger charge is -2.18. The zero-order chi connectivity index (χ0) is 18.9. The van der Waals surface area contributed by atoms with Crippen molar-refractivity contribution in [2.45, 2.75) is 104 Å². The Bertz CT molecular complexity index is 309. The molecule has 0 aromatic carbocycles. The van der Waals surface area contributed by atoms with E-state index in [9.17, 15) is 5.11 Å². The van der Waals surface area contributed by atoms with Crippen molar-refractivity contribution in [1.29, 1.82) is 0 Å². The number of rotatable bonds is 17. The number of aliphatic hydroxyl groups is 1. The van der Waals surface area contributed by atoms with Crippen LogP contribution in [0.3, 0.4) is 0 Å². The van der Waals surface area contributed by atoms with Gasteiger partial charge in [-0.25, -0.2) is 0 Å². The first kappa shape index (κ1) is 24.4. The van der Waals surface area contributed by atoms with Crippen molar-refractivity contribution >= 4 is 5.71 Å². The van der Waals surface area contributed by atoms with Gasteiger partial charge in [-0.1, -0.05) is 44.7 Å². The van der Waals surface area contributed by atoms with Crippen molar-refractivity contribution in [2.75, 3.05) is 19.8 Å². The second kappa shape index (κ2) is 16.8. The predicted octanol–water partition coefficient (Wildman–Crippen LogP) is 4.71. The van der Waals surface area contributed by atoms with E-state index in [1.54, 1.807) is 6.92 Å². The summed E-state index contributed by atoms with van der Waals surface area (Å²) in [5.41, 5.74) is 1.18. The van der Waals surface area contributed by atoms with Crippen LogP contribution in [-0.2, 0) is 14.3 Å². The predicted molar refractivity (Wildman–Crippen MR) is 104 cm³/mol. The standard InChI is InChI=1S/C20H41NO4/c1-6-8-10-12-20(13-11-9-7-2)21-25-16-19(5)24-15-18(4)23-14-17(3)22/h17-19,22H,6-16H2,1-5H3. The van der Waals surface area contributed by atoms with E-state index in [0.717, 1.165) is 12.8 Å². The molecule has 0 saturated heterocycles. The molecule has 150 valence electrons. The maximum atomic E-state index is 9.20. The van der Waals surface area contributed by atoms with Crippen molar-refractivity contribution < 1.29 is 19.4 Å². The summed E-state index contributed by atoms with van der Waals surface area (Å²) in [7, 11) is 0. The Morgan fingerprint density at radius 3 is 1.84 bits per heavy atom. The van der Waals surface area contributed by atoms with Gasteiger partial charge in [0.1, 0.15) is 6.61 Å². The molecule has 5 nitrogen and oxygen atoms in total. The van der Waals surface area contributed by atoms with Crippen molar-refractivity contribution in [3.63, 3.8) is 0 Å². The van der Waals surface area contributed by atoms with Gasteiger partial charge >= 0.3 is 0 Å². The van der Waals surface area contributed by atoms with Gasteiger partial charge in [0.15, 0.2) is 0 Å². The van der Waals surface area contributed by atoms with E-state index in [0.29, 0.717) is 19.8 Å². The lowest BCUT2D eigenvalue weighted by molar-refractivity contribution is -0.0697. The molecule has 25 heavy (non-hydrogen) atoms. The van der Waals surface area contributed by atoms with Crippen LogP contribution in [0.15, 0.2) is 5.16 Å². The van der Waals surface area contributed by atoms with E-state index in [-0.39, 0.29) is 12.2 Å². The molecule has 0 saturated carbocycles. The Morgan fingerprint density at radius 2 is 1.32 bits per heavy atom. The molecule has 0 fully saturated rings. The molecule has 0 aromatic heterocycles. The van der Waals surface area contributed by atoms with Crippen LogP contribution >= 0.6 is 0 Å². The fraction of sp³-hybridized carbons (Fsp3) is 0.950. The molecule has 0 aliphatic heterocycles. The first-order valence-electron chi connectivity index (χ1n) is 10.1. The fourth-order valence-corrected chi connectivity index (χ4v) is 2.31. The maximum absolute atomic E-state index is 9.20. The number of hydrogen-bond donors (Lipinski definition) is 1. The summed E-state index contributed by atoms with van der Waals surface area (Å²) in [5, 5.41) is 13.6. The summed E-state index contributed by atoms with van der Waals surface area (Å²) in [5.74, 6) is 0. The third-order valence-electron chi connectivity index (χ3n) is 3.88. The molecule has 0 amide bonds. The first-order valence-corrected chi connectivity index (χ1v) is 10.1. The summed E-state index contributed by atoms with van der Waals surface area (Å²) in [4.78, 5) is 5.53. The zero-order valence-electron chi connectivity index (χ0n) is 17.1. The van der Waals surface area contributed by atoms with Crippen LogP contribution in [0.25, 0.3) is 0 Å². The first-order chi connectivity index (χ1) is 12.0. The second-order valence-corrected chi connectivity index (χ2v) is 7.00. The Balaban J connectivity index is 4.03. The number of ether oxygens (including phenoxy) is 2. The van der Waals surface area contributed by atoms with Gasteiger partial charge in [-0.15, -0.1) is 0 Å². The Hall–Kier alpha value is -0.650. The molecule has 0 aromatic rings. The minimum Gasteiger partial charge on any atom is -0.393 e. The summed E-state index contributed by atoms with van der Waals surface area (Å²) < 4.78 is 11.2. The summed E-state index contributed by atoms with van der Waals surface area (Å²) in [6, 6.07) is 0. The smallest absolute Gasteiger partial charge is 0.143 e. The van der Waals surface area contributed by atoms with E-state index in [2.05, 4.69) is 19.0 Å². The molecule has 3 unspecified atom stereocenters. The normalized spacial score (nSPS) is 14.8. The van der Waals surface area contributed by atoms with Crippen molar-refractivity contribution in [2.24, 2.45) is 5.16 Å². The van der Waals surface area contributed by atoms with Crippen LogP contribution in [0.1, 0.15) is 86.0 Å². The fourth-order valence-electron chi connectivity index (χ4n) is 2.31. The van der Waals surface area contributed by atoms with Crippen LogP contribution in [0.2, 0.25) is 0 Å². The Labute approximate surface area is 155 Å². The minimum absolute atomic E-state index is 0.0334. The van der Waals surface area contributed by atoms with Gasteiger partial charge in [0.2, 0.25) is 0 Å². The molecule has 5 heteroatoms. The van der Waals surface area contributed by atoms with Crippen LogP contribution in [0.4, 0.5) is 0 Å². The molecule has 0 bridgehead atoms. The van der Waals surface area contributed by atoms with Crippen LogP contribution in [-0.4, -0.2) is 49.0 Å². The van der Waals surface area contributed by atoms with Gasteiger partial charge in [0, 0.05) is 0 Å². The topological polar surface area (TPSA) is 60.3 Å². The van der Waals surface area contributed by atoms with Crippen molar-refractivity contribution in [3.05, 3.63) is 0 Å². The Morgan fingerprint density at radius 1 is 0.800 bits per heavy atom. The molecule has 0 heterocycles. The van der Waals surface area contributed by atoms with Crippen LogP contribution in [0.5, 0.6) is 0 Å². The van der Waals surface area contributed by atoms with Crippen LogP contribution in [0, 0.1) is 0 Å². The number of nitrogens with zero attached hydrogens (tertiary/aromatic N) is 1. The van der Waals surface area contributed by atoms with E-state index in [1.165, 1.54) is 44.2 Å². The molecule has 0 rings (SSSR count). The number of aliphatic hydroxyl groups excluding tert-OH is 1. The third-order valence-corrected chi connectivity index (χ3v) is 3.88. The van der Waals surface area contributed by atoms with E-state index < -0.39 is 6.10 Å². The lowest BCUT2D eigenvalue weighted by atomic mass is 10.1. The molecule has 0 aliphatic carbocycles. The monoisotopic (exact) mass is 359 g/mol. The highest BCUT2D eigenvalue weighted by Gasteiger charge is 2.09. The second-order valence-electron chi connectivity index (χ2n) is 7.00. The highest BCUT2D eigenvalue weighted by Crippen LogP contribution is 2.09. The van der Waals surface area contributed by atoms with E-state index in [1.807, 2.05) is 13.8 Å². The lowest BCUT2D eigenvalue weighted by Crippen LogP contribution is -2.25. The van der Waals surface area contributed by atoms with Crippen LogP contribution < -0.4 is 0 Å². The molecule has 0 spiro atoms. The molecule has 0 aliphatic rings. The van der Waals surface area contributed by atoms with Gasteiger partial charge in [-0.2, -0.15) is 0 Å². The summed E-state index contributed by atoms with van der Waals surface area (Å²) >= 11 is 0.